The van der Waals surface area contributed by atoms with E-state index in [1.165, 1.54) is 27.9 Å². The van der Waals surface area contributed by atoms with Crippen LogP contribution < -0.4 is 15.8 Å². The van der Waals surface area contributed by atoms with E-state index in [1.807, 2.05) is 6.92 Å². The van der Waals surface area contributed by atoms with Crippen molar-refractivity contribution < 1.29 is 18.7 Å². The lowest BCUT2D eigenvalue weighted by molar-refractivity contribution is 0.0696. The van der Waals surface area contributed by atoms with Gasteiger partial charge >= 0.3 is 5.97 Å². The first-order chi connectivity index (χ1) is 15.9. The molecule has 3 aromatic rings. The third kappa shape index (κ3) is 4.69. The Morgan fingerprint density at radius 2 is 2.18 bits per heavy atom. The number of carboxylic acid groups (broad SMARTS) is 1. The molecule has 0 fully saturated rings. The van der Waals surface area contributed by atoms with Gasteiger partial charge in [-0.25, -0.2) is 18.6 Å². The van der Waals surface area contributed by atoms with E-state index in [2.05, 4.69) is 32.2 Å². The molecule has 1 aliphatic heterocycles. The maximum atomic E-state index is 13.3. The van der Waals surface area contributed by atoms with Gasteiger partial charge in [0.2, 0.25) is 0 Å². The standard InChI is InChI=1S/C22H20F2N6O3/c1-2-17-26-20-18(21(31)27-17)28-19(30(20)12-16(23)24)15-10-25-29(11-15)8-4-6-13-5-3-7-14(9-13)22(32)33/h3,5,7,9-11,16,19,28H,2,8,12H2,1H3,(H,32,33)(H,26,27,31). The summed E-state index contributed by atoms with van der Waals surface area (Å²) in [4.78, 5) is 31.8. The number of hydrogen-bond donors (Lipinski definition) is 3. The number of hydrogen-bond acceptors (Lipinski definition) is 6. The van der Waals surface area contributed by atoms with E-state index in [0.29, 0.717) is 23.4 Å². The molecule has 0 amide bonds. The van der Waals surface area contributed by atoms with Crippen molar-refractivity contribution in [2.45, 2.75) is 32.5 Å². The van der Waals surface area contributed by atoms with E-state index >= 15 is 0 Å². The molecule has 0 spiro atoms. The summed E-state index contributed by atoms with van der Waals surface area (Å²) in [7, 11) is 0. The van der Waals surface area contributed by atoms with Gasteiger partial charge in [-0.2, -0.15) is 5.10 Å². The summed E-state index contributed by atoms with van der Waals surface area (Å²) in [5.41, 5.74) is 0.990. The number of carbonyl (C=O) groups is 1. The molecule has 170 valence electrons. The van der Waals surface area contributed by atoms with E-state index in [1.54, 1.807) is 18.3 Å². The van der Waals surface area contributed by atoms with Crippen LogP contribution >= 0.6 is 0 Å². The van der Waals surface area contributed by atoms with Crippen molar-refractivity contribution >= 4 is 17.5 Å². The van der Waals surface area contributed by atoms with Crippen LogP contribution in [0.4, 0.5) is 20.3 Å². The Morgan fingerprint density at radius 1 is 1.36 bits per heavy atom. The fourth-order valence-electron chi connectivity index (χ4n) is 3.51. The molecular weight excluding hydrogens is 434 g/mol. The van der Waals surface area contributed by atoms with E-state index in [0.717, 1.165) is 0 Å². The van der Waals surface area contributed by atoms with Crippen LogP contribution in [0.1, 0.15) is 40.4 Å². The Kier molecular flexibility index (Phi) is 6.08. The first-order valence-corrected chi connectivity index (χ1v) is 10.1. The van der Waals surface area contributed by atoms with Crippen LogP contribution in [0.5, 0.6) is 0 Å². The second-order valence-electron chi connectivity index (χ2n) is 7.31. The summed E-state index contributed by atoms with van der Waals surface area (Å²) in [5, 5.41) is 16.3. The predicted octanol–water partition coefficient (Wildman–Crippen LogP) is 2.47. The molecule has 4 rings (SSSR count). The molecule has 1 unspecified atom stereocenters. The van der Waals surface area contributed by atoms with Crippen LogP contribution in [0.3, 0.4) is 0 Å². The summed E-state index contributed by atoms with van der Waals surface area (Å²) in [6, 6.07) is 6.26. The summed E-state index contributed by atoms with van der Waals surface area (Å²) < 4.78 is 28.1. The number of nitrogens with zero attached hydrogens (tertiary/aromatic N) is 4. The molecule has 3 N–H and O–H groups in total. The van der Waals surface area contributed by atoms with Crippen molar-refractivity contribution in [2.24, 2.45) is 0 Å². The Bertz CT molecular complexity index is 1310. The van der Waals surface area contributed by atoms with E-state index < -0.39 is 30.7 Å². The average Bonchev–Trinajstić information content (AvgIpc) is 3.39. The molecule has 0 saturated carbocycles. The van der Waals surface area contributed by atoms with Crippen LogP contribution in [-0.2, 0) is 13.0 Å². The Balaban J connectivity index is 1.55. The number of aryl methyl sites for hydroxylation is 1. The minimum Gasteiger partial charge on any atom is -0.478 e. The normalized spacial score (nSPS) is 14.5. The number of benzene rings is 1. The van der Waals surface area contributed by atoms with Crippen molar-refractivity contribution in [3.8, 4) is 11.8 Å². The quantitative estimate of drug-likeness (QED) is 0.490. The van der Waals surface area contributed by atoms with Crippen molar-refractivity contribution in [1.82, 2.24) is 19.7 Å². The van der Waals surface area contributed by atoms with Gasteiger partial charge in [-0.1, -0.05) is 24.8 Å². The molecule has 1 atom stereocenters. The lowest BCUT2D eigenvalue weighted by atomic mass is 10.1. The zero-order chi connectivity index (χ0) is 23.5. The number of nitrogens with one attached hydrogen (secondary N) is 2. The molecule has 0 radical (unpaired) electrons. The number of alkyl halides is 2. The van der Waals surface area contributed by atoms with Crippen LogP contribution in [0.15, 0.2) is 41.5 Å². The molecule has 0 aliphatic carbocycles. The van der Waals surface area contributed by atoms with Gasteiger partial charge < -0.3 is 20.3 Å². The number of fused-ring (bicyclic) bond motifs is 1. The maximum Gasteiger partial charge on any atom is 0.335 e. The number of anilines is 2. The number of rotatable bonds is 6. The second-order valence-corrected chi connectivity index (χ2v) is 7.31. The number of H-pyrrole nitrogens is 1. The largest absolute Gasteiger partial charge is 0.478 e. The average molecular weight is 454 g/mol. The maximum absolute atomic E-state index is 13.3. The molecule has 9 nitrogen and oxygen atoms in total. The fraction of sp³-hybridized carbons (Fsp3) is 0.273. The van der Waals surface area contributed by atoms with E-state index in [-0.39, 0.29) is 23.6 Å². The highest BCUT2D eigenvalue weighted by molar-refractivity contribution is 5.88. The van der Waals surface area contributed by atoms with E-state index in [9.17, 15) is 18.4 Å². The Morgan fingerprint density at radius 3 is 2.91 bits per heavy atom. The molecule has 1 aromatic carbocycles. The predicted molar refractivity (Wildman–Crippen MR) is 116 cm³/mol. The van der Waals surface area contributed by atoms with Crippen molar-refractivity contribution in [1.29, 1.82) is 0 Å². The molecular formula is C22H20F2N6O3. The summed E-state index contributed by atoms with van der Waals surface area (Å²) >= 11 is 0. The number of aromatic carboxylic acids is 1. The van der Waals surface area contributed by atoms with Gasteiger partial charge in [0.25, 0.3) is 12.0 Å². The second kappa shape index (κ2) is 9.12. The van der Waals surface area contributed by atoms with Gasteiger partial charge in [0.05, 0.1) is 18.3 Å². The number of aromatic nitrogens is 4. The number of carboxylic acids is 1. The molecule has 2 aromatic heterocycles. The highest BCUT2D eigenvalue weighted by Crippen LogP contribution is 2.37. The summed E-state index contributed by atoms with van der Waals surface area (Å²) in [6.45, 7) is 1.41. The van der Waals surface area contributed by atoms with Crippen molar-refractivity contribution in [3.63, 3.8) is 0 Å². The highest BCUT2D eigenvalue weighted by Gasteiger charge is 2.36. The van der Waals surface area contributed by atoms with Crippen molar-refractivity contribution in [3.05, 3.63) is 69.5 Å². The molecule has 3 heterocycles. The molecule has 33 heavy (non-hydrogen) atoms. The van der Waals surface area contributed by atoms with Gasteiger partial charge in [-0.05, 0) is 18.2 Å². The van der Waals surface area contributed by atoms with Crippen LogP contribution in [0, 0.1) is 11.8 Å². The smallest absolute Gasteiger partial charge is 0.335 e. The molecule has 0 bridgehead atoms. The third-order valence-electron chi connectivity index (χ3n) is 5.04. The van der Waals surface area contributed by atoms with Crippen LogP contribution in [0.2, 0.25) is 0 Å². The topological polar surface area (TPSA) is 116 Å². The third-order valence-corrected chi connectivity index (χ3v) is 5.04. The Hall–Kier alpha value is -4.20. The van der Waals surface area contributed by atoms with Gasteiger partial charge in [0.15, 0.2) is 5.82 Å². The Labute approximate surface area is 187 Å². The molecule has 1 aliphatic rings. The molecule has 0 saturated heterocycles. The molecule has 11 heteroatoms. The zero-order valence-electron chi connectivity index (χ0n) is 17.5. The highest BCUT2D eigenvalue weighted by atomic mass is 19.3. The lowest BCUT2D eigenvalue weighted by Crippen LogP contribution is -2.32. The summed E-state index contributed by atoms with van der Waals surface area (Å²) in [6.07, 6.45) is 0.266. The lowest BCUT2D eigenvalue weighted by Gasteiger charge is -2.24. The zero-order valence-corrected chi connectivity index (χ0v) is 17.5. The SMILES string of the molecule is CCc1nc2c(c(=O)[nH]1)NC(c1cnn(CC#Cc3cccc(C(=O)O)c3)c1)N2CC(F)F. The minimum atomic E-state index is -2.63. The van der Waals surface area contributed by atoms with Crippen molar-refractivity contribution in [2.75, 3.05) is 16.8 Å². The number of aromatic amines is 1. The minimum absolute atomic E-state index is 0.142. The van der Waals surface area contributed by atoms with Gasteiger partial charge in [-0.15, -0.1) is 0 Å². The van der Waals surface area contributed by atoms with Gasteiger partial charge in [0.1, 0.15) is 24.2 Å². The monoisotopic (exact) mass is 454 g/mol. The summed E-state index contributed by atoms with van der Waals surface area (Å²) in [5.74, 6) is 5.36. The van der Waals surface area contributed by atoms with Gasteiger partial charge in [0, 0.05) is 23.7 Å². The van der Waals surface area contributed by atoms with Gasteiger partial charge in [-0.3, -0.25) is 9.48 Å². The van der Waals surface area contributed by atoms with Crippen LogP contribution in [0.25, 0.3) is 0 Å². The van der Waals surface area contributed by atoms with E-state index in [4.69, 9.17) is 5.11 Å². The first kappa shape index (κ1) is 22.0. The number of halogens is 2. The fourth-order valence-corrected chi connectivity index (χ4v) is 3.51. The first-order valence-electron chi connectivity index (χ1n) is 10.1. The van der Waals surface area contributed by atoms with Crippen LogP contribution in [-0.4, -0.2) is 43.8 Å².